The predicted octanol–water partition coefficient (Wildman–Crippen LogP) is -0.587. The average Bonchev–Trinajstić information content (AvgIpc) is 2.21. The average molecular weight is 202 g/mol. The molecular formula is C10H22N2O2. The van der Waals surface area contributed by atoms with Crippen molar-refractivity contribution in [1.29, 1.82) is 0 Å². The van der Waals surface area contributed by atoms with Gasteiger partial charge in [0.2, 0.25) is 0 Å². The number of hydrogen-bond donors (Lipinski definition) is 3. The van der Waals surface area contributed by atoms with Crippen molar-refractivity contribution < 1.29 is 10.2 Å². The maximum absolute atomic E-state index is 9.29. The lowest BCUT2D eigenvalue weighted by atomic mass is 9.90. The van der Waals surface area contributed by atoms with Gasteiger partial charge in [-0.25, -0.2) is 0 Å². The van der Waals surface area contributed by atoms with Gasteiger partial charge in [0, 0.05) is 12.1 Å². The Morgan fingerprint density at radius 1 is 1.43 bits per heavy atom. The molecule has 1 saturated heterocycles. The van der Waals surface area contributed by atoms with Crippen LogP contribution in [0.5, 0.6) is 0 Å². The predicted molar refractivity (Wildman–Crippen MR) is 56.2 cm³/mol. The summed E-state index contributed by atoms with van der Waals surface area (Å²) >= 11 is 0. The molecule has 0 aromatic rings. The highest BCUT2D eigenvalue weighted by Gasteiger charge is 2.28. The van der Waals surface area contributed by atoms with Gasteiger partial charge in [0.15, 0.2) is 0 Å². The number of rotatable bonds is 4. The number of likely N-dealkylation sites (tertiary alicyclic amines) is 1. The van der Waals surface area contributed by atoms with Gasteiger partial charge >= 0.3 is 0 Å². The maximum atomic E-state index is 9.29. The first kappa shape index (κ1) is 11.9. The van der Waals surface area contributed by atoms with E-state index in [1.807, 2.05) is 7.05 Å². The lowest BCUT2D eigenvalue weighted by molar-refractivity contribution is 0.0428. The van der Waals surface area contributed by atoms with E-state index >= 15 is 0 Å². The van der Waals surface area contributed by atoms with E-state index in [1.54, 1.807) is 0 Å². The van der Waals surface area contributed by atoms with Gasteiger partial charge in [-0.1, -0.05) is 0 Å². The van der Waals surface area contributed by atoms with Crippen LogP contribution in [0.1, 0.15) is 19.8 Å². The van der Waals surface area contributed by atoms with Crippen molar-refractivity contribution in [2.45, 2.75) is 31.4 Å². The summed E-state index contributed by atoms with van der Waals surface area (Å²) in [5, 5.41) is 21.3. The molecular weight excluding hydrogens is 180 g/mol. The molecule has 1 heterocycles. The standard InChI is InChI=1S/C10H22N2O2/c1-10(11-2)3-5-12(6-4-10)7-9(14)8-13/h9,11,13-14H,3-8H2,1-2H3. The Bertz CT molecular complexity index is 168. The van der Waals surface area contributed by atoms with Gasteiger partial charge < -0.3 is 20.4 Å². The molecule has 1 aliphatic rings. The summed E-state index contributed by atoms with van der Waals surface area (Å²) in [4.78, 5) is 2.21. The molecule has 0 aromatic carbocycles. The molecule has 4 nitrogen and oxygen atoms in total. The molecule has 1 rings (SSSR count). The first-order chi connectivity index (χ1) is 6.59. The zero-order chi connectivity index (χ0) is 10.6. The highest BCUT2D eigenvalue weighted by molar-refractivity contribution is 4.88. The number of piperidine rings is 1. The van der Waals surface area contributed by atoms with E-state index in [0.717, 1.165) is 25.9 Å². The van der Waals surface area contributed by atoms with Crippen LogP contribution in [-0.4, -0.2) is 60.0 Å². The molecule has 14 heavy (non-hydrogen) atoms. The van der Waals surface area contributed by atoms with E-state index in [9.17, 15) is 5.11 Å². The zero-order valence-corrected chi connectivity index (χ0v) is 9.16. The van der Waals surface area contributed by atoms with E-state index < -0.39 is 6.10 Å². The summed E-state index contributed by atoms with van der Waals surface area (Å²) in [6, 6.07) is 0. The molecule has 0 bridgehead atoms. The molecule has 0 saturated carbocycles. The summed E-state index contributed by atoms with van der Waals surface area (Å²) in [5.41, 5.74) is 0.251. The molecule has 0 aliphatic carbocycles. The number of nitrogens with one attached hydrogen (secondary N) is 1. The fraction of sp³-hybridized carbons (Fsp3) is 1.00. The minimum absolute atomic E-state index is 0.139. The SMILES string of the molecule is CNC1(C)CCN(CC(O)CO)CC1. The van der Waals surface area contributed by atoms with Crippen molar-refractivity contribution in [2.75, 3.05) is 33.3 Å². The van der Waals surface area contributed by atoms with Crippen LogP contribution >= 0.6 is 0 Å². The highest BCUT2D eigenvalue weighted by Crippen LogP contribution is 2.20. The van der Waals surface area contributed by atoms with Crippen molar-refractivity contribution in [3.8, 4) is 0 Å². The minimum Gasteiger partial charge on any atom is -0.394 e. The van der Waals surface area contributed by atoms with Gasteiger partial charge in [-0.2, -0.15) is 0 Å². The smallest absolute Gasteiger partial charge is 0.0897 e. The number of β-amino-alcohol motifs (C(OH)–C–C–N with tert-alkyl or cyclic N) is 1. The molecule has 0 amide bonds. The molecule has 1 unspecified atom stereocenters. The van der Waals surface area contributed by atoms with Gasteiger partial charge in [0.25, 0.3) is 0 Å². The van der Waals surface area contributed by atoms with Crippen molar-refractivity contribution in [3.05, 3.63) is 0 Å². The summed E-state index contributed by atoms with van der Waals surface area (Å²) in [6.45, 7) is 4.67. The highest BCUT2D eigenvalue weighted by atomic mass is 16.3. The Hall–Kier alpha value is -0.160. The molecule has 0 aromatic heterocycles. The molecule has 3 N–H and O–H groups in total. The van der Waals surface area contributed by atoms with Crippen LogP contribution < -0.4 is 5.32 Å². The van der Waals surface area contributed by atoms with Crippen LogP contribution in [0.3, 0.4) is 0 Å². The third-order valence-corrected chi connectivity index (χ3v) is 3.24. The Morgan fingerprint density at radius 2 is 2.00 bits per heavy atom. The molecule has 0 radical (unpaired) electrons. The zero-order valence-electron chi connectivity index (χ0n) is 9.16. The van der Waals surface area contributed by atoms with E-state index in [0.29, 0.717) is 6.54 Å². The van der Waals surface area contributed by atoms with Crippen LogP contribution in [0.4, 0.5) is 0 Å². The third kappa shape index (κ3) is 3.20. The van der Waals surface area contributed by atoms with Gasteiger partial charge in [0.1, 0.15) is 0 Å². The van der Waals surface area contributed by atoms with Gasteiger partial charge in [-0.05, 0) is 39.9 Å². The Balaban J connectivity index is 2.29. The van der Waals surface area contributed by atoms with E-state index in [4.69, 9.17) is 5.11 Å². The van der Waals surface area contributed by atoms with Crippen LogP contribution in [-0.2, 0) is 0 Å². The van der Waals surface area contributed by atoms with Gasteiger partial charge in [0.05, 0.1) is 12.7 Å². The molecule has 1 aliphatic heterocycles. The van der Waals surface area contributed by atoms with Crippen molar-refractivity contribution in [1.82, 2.24) is 10.2 Å². The van der Waals surface area contributed by atoms with Gasteiger partial charge in [-0.15, -0.1) is 0 Å². The maximum Gasteiger partial charge on any atom is 0.0897 e. The van der Waals surface area contributed by atoms with E-state index in [2.05, 4.69) is 17.1 Å². The summed E-state index contributed by atoms with van der Waals surface area (Å²) < 4.78 is 0. The quantitative estimate of drug-likeness (QED) is 0.570. The summed E-state index contributed by atoms with van der Waals surface area (Å²) in [7, 11) is 2.00. The van der Waals surface area contributed by atoms with Crippen LogP contribution in [0, 0.1) is 0 Å². The lowest BCUT2D eigenvalue weighted by Gasteiger charge is -2.39. The van der Waals surface area contributed by atoms with Crippen LogP contribution in [0.15, 0.2) is 0 Å². The third-order valence-electron chi connectivity index (χ3n) is 3.24. The number of aliphatic hydroxyl groups excluding tert-OH is 2. The minimum atomic E-state index is -0.589. The molecule has 1 fully saturated rings. The molecule has 84 valence electrons. The lowest BCUT2D eigenvalue weighted by Crippen LogP contribution is -2.51. The summed E-state index contributed by atoms with van der Waals surface area (Å²) in [5.74, 6) is 0. The normalized spacial score (nSPS) is 24.9. The van der Waals surface area contributed by atoms with Crippen LogP contribution in [0.2, 0.25) is 0 Å². The Kier molecular flexibility index (Phi) is 4.31. The largest absolute Gasteiger partial charge is 0.394 e. The molecule has 0 spiro atoms. The van der Waals surface area contributed by atoms with Crippen molar-refractivity contribution >= 4 is 0 Å². The fourth-order valence-corrected chi connectivity index (χ4v) is 1.83. The molecule has 4 heteroatoms. The van der Waals surface area contributed by atoms with Crippen molar-refractivity contribution in [2.24, 2.45) is 0 Å². The van der Waals surface area contributed by atoms with Crippen LogP contribution in [0.25, 0.3) is 0 Å². The summed E-state index contributed by atoms with van der Waals surface area (Å²) in [6.07, 6.45) is 1.61. The second-order valence-corrected chi connectivity index (χ2v) is 4.45. The monoisotopic (exact) mass is 202 g/mol. The van der Waals surface area contributed by atoms with Gasteiger partial charge in [-0.3, -0.25) is 0 Å². The first-order valence-corrected chi connectivity index (χ1v) is 5.30. The van der Waals surface area contributed by atoms with E-state index in [1.165, 1.54) is 0 Å². The number of hydrogen-bond acceptors (Lipinski definition) is 4. The fourth-order valence-electron chi connectivity index (χ4n) is 1.83. The topological polar surface area (TPSA) is 55.7 Å². The second-order valence-electron chi connectivity index (χ2n) is 4.45. The van der Waals surface area contributed by atoms with Crippen molar-refractivity contribution in [3.63, 3.8) is 0 Å². The number of nitrogens with zero attached hydrogens (tertiary/aromatic N) is 1. The van der Waals surface area contributed by atoms with E-state index in [-0.39, 0.29) is 12.1 Å². The Labute approximate surface area is 85.9 Å². The molecule has 1 atom stereocenters. The number of aliphatic hydroxyl groups is 2. The second kappa shape index (κ2) is 5.07. The first-order valence-electron chi connectivity index (χ1n) is 5.30. The Morgan fingerprint density at radius 3 is 2.43 bits per heavy atom.